The van der Waals surface area contributed by atoms with Crippen LogP contribution in [0.1, 0.15) is 70.8 Å². The van der Waals surface area contributed by atoms with Gasteiger partial charge in [0.25, 0.3) is 0 Å². The summed E-state index contributed by atoms with van der Waals surface area (Å²) in [7, 11) is 2.36. The summed E-state index contributed by atoms with van der Waals surface area (Å²) in [6.45, 7) is 10.4. The minimum atomic E-state index is 0.222. The van der Waals surface area contributed by atoms with Gasteiger partial charge in [0.2, 0.25) is 0 Å². The average molecular weight is 507 g/mol. The van der Waals surface area contributed by atoms with Crippen molar-refractivity contribution in [3.63, 3.8) is 0 Å². The van der Waals surface area contributed by atoms with Gasteiger partial charge in [-0.3, -0.25) is 9.80 Å². The number of rotatable bonds is 7. The van der Waals surface area contributed by atoms with Gasteiger partial charge >= 0.3 is 0 Å². The molecule has 1 aromatic rings. The van der Waals surface area contributed by atoms with Crippen LogP contribution in [0.3, 0.4) is 0 Å². The summed E-state index contributed by atoms with van der Waals surface area (Å²) in [5.41, 5.74) is 1.40. The van der Waals surface area contributed by atoms with Gasteiger partial charge in [-0.2, -0.15) is 0 Å². The van der Waals surface area contributed by atoms with Gasteiger partial charge in [-0.1, -0.05) is 35.2 Å². The Balaban J connectivity index is 1.21. The summed E-state index contributed by atoms with van der Waals surface area (Å²) < 4.78 is 7.14. The second kappa shape index (κ2) is 11.7. The van der Waals surface area contributed by atoms with Crippen LogP contribution in [0.4, 0.5) is 0 Å². The number of benzene rings is 1. The van der Waals surface area contributed by atoms with Gasteiger partial charge < -0.3 is 9.64 Å². The van der Waals surface area contributed by atoms with Crippen LogP contribution in [0.5, 0.6) is 5.75 Å². The lowest BCUT2D eigenvalue weighted by molar-refractivity contribution is 0.00326. The van der Waals surface area contributed by atoms with E-state index >= 15 is 0 Å². The van der Waals surface area contributed by atoms with E-state index in [1.165, 1.54) is 94.3 Å². The predicted molar refractivity (Wildman–Crippen MR) is 137 cm³/mol. The summed E-state index contributed by atoms with van der Waals surface area (Å²) in [5.74, 6) is 1.78. The van der Waals surface area contributed by atoms with Crippen LogP contribution in [0.2, 0.25) is 0 Å². The zero-order valence-corrected chi connectivity index (χ0v) is 22.2. The minimum Gasteiger partial charge on any atom is -0.491 e. The molecule has 2 heterocycles. The van der Waals surface area contributed by atoms with Crippen molar-refractivity contribution in [2.75, 3.05) is 39.9 Å². The molecule has 2 aliphatic heterocycles. The van der Waals surface area contributed by atoms with Gasteiger partial charge in [0.05, 0.1) is 12.8 Å². The van der Waals surface area contributed by atoms with Crippen molar-refractivity contribution in [2.24, 2.45) is 5.92 Å². The zero-order chi connectivity index (χ0) is 22.5. The largest absolute Gasteiger partial charge is 0.491 e. The maximum atomic E-state index is 5.92. The molecular weight excluding hydrogens is 462 g/mol. The number of piperidine rings is 1. The van der Waals surface area contributed by atoms with Crippen molar-refractivity contribution < 1.29 is 4.74 Å². The third kappa shape index (κ3) is 6.71. The highest BCUT2D eigenvalue weighted by Crippen LogP contribution is 2.30. The van der Waals surface area contributed by atoms with E-state index in [9.17, 15) is 0 Å². The normalized spacial score (nSPS) is 25.5. The molecule has 0 amide bonds. The smallest absolute Gasteiger partial charge is 0.120 e. The Kier molecular flexibility index (Phi) is 8.94. The molecule has 0 bridgehead atoms. The molecule has 0 radical (unpaired) electrons. The standard InChI is InChI=1S/C27H44BrN3O/c1-21(2)32-26-9-10-27(28)23(18-26)17-22-11-14-30(15-12-22)19-25-13-16-31(20-29(25)3)24-7-5-4-6-8-24/h9-10,18,21-22,24-25H,4-8,11-17,19-20H2,1-3H3. The first-order valence-electron chi connectivity index (χ1n) is 13.1. The van der Waals surface area contributed by atoms with Crippen LogP contribution in [0, 0.1) is 5.92 Å². The van der Waals surface area contributed by atoms with E-state index in [0.717, 1.165) is 30.2 Å². The maximum absolute atomic E-state index is 5.92. The average Bonchev–Trinajstić information content (AvgIpc) is 2.79. The van der Waals surface area contributed by atoms with Gasteiger partial charge in [-0.15, -0.1) is 0 Å². The molecule has 5 heteroatoms. The lowest BCUT2D eigenvalue weighted by Gasteiger charge is -2.46. The van der Waals surface area contributed by atoms with Gasteiger partial charge in [0.15, 0.2) is 0 Å². The summed E-state index contributed by atoms with van der Waals surface area (Å²) >= 11 is 3.77. The lowest BCUT2D eigenvalue weighted by Crippen LogP contribution is -2.56. The highest BCUT2D eigenvalue weighted by atomic mass is 79.9. The van der Waals surface area contributed by atoms with Crippen LogP contribution < -0.4 is 4.74 Å². The quantitative estimate of drug-likeness (QED) is 0.466. The van der Waals surface area contributed by atoms with E-state index in [0.29, 0.717) is 0 Å². The van der Waals surface area contributed by atoms with Crippen molar-refractivity contribution in [3.05, 3.63) is 28.2 Å². The Labute approximate surface area is 204 Å². The number of likely N-dealkylation sites (tertiary alicyclic amines) is 1. The van der Waals surface area contributed by atoms with Crippen LogP contribution in [0.25, 0.3) is 0 Å². The topological polar surface area (TPSA) is 19.0 Å². The van der Waals surface area contributed by atoms with E-state index in [4.69, 9.17) is 4.74 Å². The number of hydrogen-bond donors (Lipinski definition) is 0. The second-order valence-corrected chi connectivity index (χ2v) is 11.7. The molecular formula is C27H44BrN3O. The molecule has 3 aliphatic rings. The molecule has 4 nitrogen and oxygen atoms in total. The summed E-state index contributed by atoms with van der Waals surface area (Å²) in [4.78, 5) is 8.15. The van der Waals surface area contributed by atoms with Gasteiger partial charge in [0.1, 0.15) is 5.75 Å². The lowest BCUT2D eigenvalue weighted by atomic mass is 9.89. The molecule has 1 aromatic carbocycles. The first-order chi connectivity index (χ1) is 15.5. The zero-order valence-electron chi connectivity index (χ0n) is 20.6. The molecule has 1 atom stereocenters. The molecule has 1 unspecified atom stereocenters. The first kappa shape index (κ1) is 24.5. The monoisotopic (exact) mass is 505 g/mol. The molecule has 1 saturated carbocycles. The third-order valence-electron chi connectivity index (χ3n) is 7.94. The van der Waals surface area contributed by atoms with Crippen LogP contribution >= 0.6 is 15.9 Å². The number of halogens is 1. The fourth-order valence-corrected chi connectivity index (χ4v) is 6.43. The molecule has 32 heavy (non-hydrogen) atoms. The molecule has 3 fully saturated rings. The van der Waals surface area contributed by atoms with Crippen molar-refractivity contribution in [1.29, 1.82) is 0 Å². The maximum Gasteiger partial charge on any atom is 0.120 e. The molecule has 180 valence electrons. The Morgan fingerprint density at radius 1 is 1.00 bits per heavy atom. The Hall–Kier alpha value is -0.620. The first-order valence-corrected chi connectivity index (χ1v) is 13.9. The Morgan fingerprint density at radius 3 is 2.44 bits per heavy atom. The highest BCUT2D eigenvalue weighted by Gasteiger charge is 2.31. The molecule has 0 N–H and O–H groups in total. The fourth-order valence-electron chi connectivity index (χ4n) is 6.02. The van der Waals surface area contributed by atoms with Crippen LogP contribution in [-0.4, -0.2) is 72.8 Å². The number of likely N-dealkylation sites (N-methyl/N-ethyl adjacent to an activating group) is 1. The van der Waals surface area contributed by atoms with Crippen molar-refractivity contribution in [2.45, 2.75) is 89.8 Å². The Bertz CT molecular complexity index is 713. The fraction of sp³-hybridized carbons (Fsp3) is 0.778. The summed E-state index contributed by atoms with van der Waals surface area (Å²) in [6, 6.07) is 8.05. The Morgan fingerprint density at radius 2 is 1.75 bits per heavy atom. The van der Waals surface area contributed by atoms with Crippen LogP contribution in [-0.2, 0) is 6.42 Å². The number of hydrogen-bond acceptors (Lipinski definition) is 4. The van der Waals surface area contributed by atoms with Crippen molar-refractivity contribution in [1.82, 2.24) is 14.7 Å². The molecule has 4 rings (SSSR count). The second-order valence-electron chi connectivity index (χ2n) is 10.8. The van der Waals surface area contributed by atoms with E-state index in [2.05, 4.69) is 69.7 Å². The van der Waals surface area contributed by atoms with E-state index in [1.807, 2.05) is 0 Å². The SMILES string of the molecule is CC(C)Oc1ccc(Br)c(CC2CCN(CC3CCN(C4CCCCC4)CN3C)CC2)c1. The third-order valence-corrected chi connectivity index (χ3v) is 8.72. The van der Waals surface area contributed by atoms with Gasteiger partial charge in [-0.25, -0.2) is 0 Å². The molecule has 2 saturated heterocycles. The van der Waals surface area contributed by atoms with Gasteiger partial charge in [0, 0.05) is 29.6 Å². The molecule has 0 spiro atoms. The van der Waals surface area contributed by atoms with Gasteiger partial charge in [-0.05, 0) is 102 Å². The van der Waals surface area contributed by atoms with Crippen molar-refractivity contribution >= 4 is 15.9 Å². The van der Waals surface area contributed by atoms with E-state index in [1.54, 1.807) is 0 Å². The van der Waals surface area contributed by atoms with E-state index < -0.39 is 0 Å². The molecule has 1 aliphatic carbocycles. The predicted octanol–water partition coefficient (Wildman–Crippen LogP) is 5.79. The number of nitrogens with zero attached hydrogens (tertiary/aromatic N) is 3. The summed E-state index contributed by atoms with van der Waals surface area (Å²) in [5, 5.41) is 0. The summed E-state index contributed by atoms with van der Waals surface area (Å²) in [6.07, 6.45) is 12.5. The van der Waals surface area contributed by atoms with E-state index in [-0.39, 0.29) is 6.10 Å². The highest BCUT2D eigenvalue weighted by molar-refractivity contribution is 9.10. The molecule has 0 aromatic heterocycles. The van der Waals surface area contributed by atoms with Crippen LogP contribution in [0.15, 0.2) is 22.7 Å². The van der Waals surface area contributed by atoms with Crippen molar-refractivity contribution in [3.8, 4) is 5.75 Å². The number of ether oxygens (including phenoxy) is 1. The minimum absolute atomic E-state index is 0.222.